The fraction of sp³-hybridized carbons (Fsp3) is 0.543. The highest BCUT2D eigenvalue weighted by atomic mass is 35.5. The van der Waals surface area contributed by atoms with Gasteiger partial charge in [0.2, 0.25) is 0 Å². The second kappa shape index (κ2) is 44.3. The van der Waals surface area contributed by atoms with E-state index in [2.05, 4.69) is 122 Å². The highest BCUT2D eigenvalue weighted by Gasteiger charge is 2.39. The fourth-order valence-corrected chi connectivity index (χ4v) is 15.2. The quantitative estimate of drug-likeness (QED) is 0.0230. The number of nitrogens with zero attached hydrogens (tertiary/aromatic N) is 15. The van der Waals surface area contributed by atoms with Crippen molar-refractivity contribution in [3.63, 3.8) is 0 Å². The van der Waals surface area contributed by atoms with Gasteiger partial charge in [-0.3, -0.25) is 29.1 Å². The van der Waals surface area contributed by atoms with Gasteiger partial charge in [0, 0.05) is 143 Å². The highest BCUT2D eigenvalue weighted by Crippen LogP contribution is 2.34. The van der Waals surface area contributed by atoms with Crippen molar-refractivity contribution in [2.24, 2.45) is 5.92 Å². The summed E-state index contributed by atoms with van der Waals surface area (Å²) in [5, 5.41) is 39.1. The Morgan fingerprint density at radius 1 is 0.554 bits per heavy atom. The Balaban J connectivity index is 0.000000231. The summed E-state index contributed by atoms with van der Waals surface area (Å²) >= 11 is 4.55. The maximum Gasteiger partial charge on any atom is 0.410 e. The van der Waals surface area contributed by atoms with Crippen LogP contribution in [0.2, 0.25) is 0 Å². The minimum atomic E-state index is -0.573. The van der Waals surface area contributed by atoms with Gasteiger partial charge in [-0.15, -0.1) is 12.4 Å². The first-order valence-corrected chi connectivity index (χ1v) is 41.9. The van der Waals surface area contributed by atoms with E-state index >= 15 is 0 Å². The summed E-state index contributed by atoms with van der Waals surface area (Å²) in [4.78, 5) is 102. The number of aromatic amines is 1. The van der Waals surface area contributed by atoms with E-state index in [0.717, 1.165) is 149 Å². The summed E-state index contributed by atoms with van der Waals surface area (Å²) < 4.78 is 16.1. The number of halogens is 1. The van der Waals surface area contributed by atoms with Gasteiger partial charge in [-0.05, 0) is 116 Å². The third-order valence-corrected chi connectivity index (χ3v) is 21.1. The summed E-state index contributed by atoms with van der Waals surface area (Å²) in [6.07, 6.45) is 9.41. The molecular formula is C81H114ClN19O8S3. The van der Waals surface area contributed by atoms with E-state index in [1.54, 1.807) is 28.5 Å². The number of anilines is 2. The number of carbonyl (C=O) groups excluding carboxylic acids is 4. The zero-order valence-electron chi connectivity index (χ0n) is 66.4. The molecule has 0 spiro atoms. The van der Waals surface area contributed by atoms with E-state index in [4.69, 9.17) is 34.4 Å². The van der Waals surface area contributed by atoms with Crippen LogP contribution in [0, 0.1) is 39.9 Å². The van der Waals surface area contributed by atoms with Crippen molar-refractivity contribution in [2.75, 3.05) is 127 Å². The molecule has 27 nitrogen and oxygen atoms in total. The number of benzene rings is 3. The lowest BCUT2D eigenvalue weighted by Gasteiger charge is -2.42. The van der Waals surface area contributed by atoms with Crippen molar-refractivity contribution in [1.82, 2.24) is 70.4 Å². The Hall–Kier alpha value is -8.45. The third kappa shape index (κ3) is 26.8. The first-order valence-electron chi connectivity index (χ1n) is 38.3. The summed E-state index contributed by atoms with van der Waals surface area (Å²) in [6, 6.07) is 37.5. The molecule has 4 saturated heterocycles. The SMILES string of the molecule is CCOC(=O)C1CCN(Cc2ccccc2)CC1=O.CSc1nc2c(c(=O)[nH]1)CCN(Cc1ccccc1)C2.CSc1nc2c(c(N3CCN(C(=O)OC(C)(C)C)C(CC#N)C3)n1)CCN(Cc1ccccc1)C2.CSc1nc2c(c(N3CCN(C(=O)OC(C)(C)C)C(CC#N)C3)n1)CCNC2.Cl.N#CCC1CNCCN1.[HH].[HH]. The van der Waals surface area contributed by atoms with E-state index in [0.29, 0.717) is 76.5 Å². The number of amides is 2. The molecule has 0 aliphatic carbocycles. The van der Waals surface area contributed by atoms with Crippen LogP contribution in [0.25, 0.3) is 0 Å². The zero-order valence-corrected chi connectivity index (χ0v) is 69.6. The summed E-state index contributed by atoms with van der Waals surface area (Å²) in [7, 11) is 0. The molecule has 7 aliphatic heterocycles. The number of nitrogens with one attached hydrogen (secondary N) is 4. The molecule has 3 aromatic carbocycles. The number of thioether (sulfide) groups is 3. The van der Waals surface area contributed by atoms with Crippen LogP contribution in [0.1, 0.15) is 127 Å². The predicted molar refractivity (Wildman–Crippen MR) is 444 cm³/mol. The number of Topliss-reactive ketones (excluding diaryl/α,β-unsaturated/α-hetero) is 1. The Morgan fingerprint density at radius 2 is 1.03 bits per heavy atom. The number of piperidine rings is 1. The number of hydrogen-bond donors (Lipinski definition) is 4. The van der Waals surface area contributed by atoms with Gasteiger partial charge in [0.05, 0.1) is 79.8 Å². The van der Waals surface area contributed by atoms with Crippen LogP contribution < -0.4 is 31.3 Å². The van der Waals surface area contributed by atoms with Crippen molar-refractivity contribution in [3.05, 3.63) is 152 Å². The molecular weight excluding hydrogens is 1500 g/mol. The molecule has 4 fully saturated rings. The normalized spacial score (nSPS) is 19.1. The van der Waals surface area contributed by atoms with Crippen LogP contribution in [-0.4, -0.2) is 225 Å². The third-order valence-electron chi connectivity index (χ3n) is 19.4. The van der Waals surface area contributed by atoms with Crippen LogP contribution in [0.4, 0.5) is 21.2 Å². The standard InChI is InChI=1S/C26H34N6O2S.C19H28N6O2S.C15H17N3OS.C15H19NO3.C6H11N3.ClH.2H2/c1-26(2,3)34-25(33)32-15-14-31(17-20(32)10-12-27)23-21-11-13-30(16-19-8-6-5-7-9-19)18-22(21)28-24(29-23)35-4;1-19(2,3)27-18(26)25-10-9-24(12-13(25)5-7-20)16-14-6-8-21-11-15(14)22-17(23-16)28-4;1-20-15-16-13-10-18(8-7-12(13)14(19)17-15)9-11-5-3-2-4-6-11;1-2-19-15(18)13-8-9-16(11-14(13)17)10-12-6-4-3-5-7-12;7-2-1-6-5-8-3-4-9-6;;;/h5-9,20H,10-11,13-18H2,1-4H3;13,21H,5-6,8-12H2,1-4H3;2-6H,7-10H2,1H3,(H,16,17,19);3-7,13H,2,8-11H2,1H3;6,8-9H,1,3-5H2;3*1H. The van der Waals surface area contributed by atoms with Gasteiger partial charge in [0.15, 0.2) is 21.3 Å². The predicted octanol–water partition coefficient (Wildman–Crippen LogP) is 10.3. The van der Waals surface area contributed by atoms with Gasteiger partial charge < -0.3 is 54.7 Å². The molecule has 4 atom stereocenters. The average molecular weight is 1610 g/mol. The lowest BCUT2D eigenvalue weighted by Crippen LogP contribution is -2.56. The van der Waals surface area contributed by atoms with Crippen molar-refractivity contribution in [2.45, 2.75) is 177 Å². The number of esters is 1. The summed E-state index contributed by atoms with van der Waals surface area (Å²) in [5.74, 6) is 0.938. The monoisotopic (exact) mass is 1610 g/mol. The van der Waals surface area contributed by atoms with Crippen molar-refractivity contribution < 1.29 is 36.2 Å². The Morgan fingerprint density at radius 3 is 1.47 bits per heavy atom. The number of fused-ring (bicyclic) bond motifs is 3. The number of rotatable bonds is 16. The molecule has 13 rings (SSSR count). The molecule has 3 aromatic heterocycles. The number of carbonyl (C=O) groups is 4. The molecule has 10 heterocycles. The summed E-state index contributed by atoms with van der Waals surface area (Å²) in [5.41, 5.74) is 8.95. The van der Waals surface area contributed by atoms with Gasteiger partial charge in [-0.25, -0.2) is 34.5 Å². The number of ether oxygens (including phenoxy) is 3. The molecule has 4 unspecified atom stereocenters. The lowest BCUT2D eigenvalue weighted by atomic mass is 9.95. The number of piperazine rings is 3. The van der Waals surface area contributed by atoms with Crippen LogP contribution in [0.15, 0.2) is 111 Å². The number of H-pyrrole nitrogens is 1. The lowest BCUT2D eigenvalue weighted by molar-refractivity contribution is -0.153. The molecule has 6 aromatic rings. The minimum absolute atomic E-state index is 0. The number of ketones is 1. The molecule has 112 heavy (non-hydrogen) atoms. The highest BCUT2D eigenvalue weighted by molar-refractivity contribution is 7.98. The Kier molecular flexibility index (Phi) is 35.2. The van der Waals surface area contributed by atoms with Crippen LogP contribution >= 0.6 is 47.7 Å². The van der Waals surface area contributed by atoms with Gasteiger partial charge >= 0.3 is 18.2 Å². The van der Waals surface area contributed by atoms with E-state index < -0.39 is 17.1 Å². The smallest absolute Gasteiger partial charge is 0.410 e. The molecule has 7 aliphatic rings. The first kappa shape index (κ1) is 89.1. The van der Waals surface area contributed by atoms with E-state index in [9.17, 15) is 34.5 Å². The van der Waals surface area contributed by atoms with Gasteiger partial charge in [-0.1, -0.05) is 126 Å². The van der Waals surface area contributed by atoms with Crippen molar-refractivity contribution >= 4 is 83.3 Å². The van der Waals surface area contributed by atoms with E-state index in [-0.39, 0.29) is 69.7 Å². The van der Waals surface area contributed by atoms with Crippen LogP contribution in [0.3, 0.4) is 0 Å². The molecule has 31 heteroatoms. The Labute approximate surface area is 681 Å². The maximum atomic E-state index is 12.8. The van der Waals surface area contributed by atoms with Crippen LogP contribution in [-0.2, 0) is 82.3 Å². The number of nitriles is 3. The number of hydrogen-bond acceptors (Lipinski definition) is 27. The first-order chi connectivity index (χ1) is 53.5. The average Bonchev–Trinajstić information content (AvgIpc) is 0.785. The summed E-state index contributed by atoms with van der Waals surface area (Å²) in [6.45, 7) is 28.3. The zero-order chi connectivity index (χ0) is 79.5. The number of likely N-dealkylation sites (tertiary alicyclic amines) is 1. The molecule has 2 amide bonds. The minimum Gasteiger partial charge on any atom is -0.465 e. The van der Waals surface area contributed by atoms with E-state index in [1.165, 1.54) is 51.3 Å². The van der Waals surface area contributed by atoms with Crippen molar-refractivity contribution in [3.8, 4) is 18.2 Å². The van der Waals surface area contributed by atoms with E-state index in [1.807, 2.05) is 103 Å². The topological polar surface area (TPSA) is 323 Å². The molecule has 606 valence electrons. The van der Waals surface area contributed by atoms with Gasteiger partial charge in [0.1, 0.15) is 28.8 Å². The Bertz CT molecular complexity index is 4250. The fourth-order valence-electron chi connectivity index (χ4n) is 14.1. The van der Waals surface area contributed by atoms with Gasteiger partial charge in [-0.2, -0.15) is 15.8 Å². The molecule has 4 N–H and O–H groups in total. The second-order valence-electron chi connectivity index (χ2n) is 30.0. The molecule has 0 saturated carbocycles. The molecule has 0 bridgehead atoms. The number of aromatic nitrogens is 6. The second-order valence-corrected chi connectivity index (χ2v) is 32.3. The molecule has 0 radical (unpaired) electrons. The largest absolute Gasteiger partial charge is 0.465 e. The van der Waals surface area contributed by atoms with Crippen molar-refractivity contribution in [1.29, 1.82) is 15.8 Å². The van der Waals surface area contributed by atoms with Gasteiger partial charge in [0.25, 0.3) is 5.56 Å². The maximum absolute atomic E-state index is 12.8. The van der Waals surface area contributed by atoms with Crippen LogP contribution in [0.5, 0.6) is 0 Å².